The summed E-state index contributed by atoms with van der Waals surface area (Å²) in [4.78, 5) is 15.0. The summed E-state index contributed by atoms with van der Waals surface area (Å²) in [7, 11) is 0. The molecule has 0 bridgehead atoms. The van der Waals surface area contributed by atoms with E-state index >= 15 is 0 Å². The van der Waals surface area contributed by atoms with Crippen LogP contribution in [0.15, 0.2) is 43.9 Å². The first kappa shape index (κ1) is 14.5. The van der Waals surface area contributed by atoms with Crippen LogP contribution in [0, 0.1) is 0 Å². The predicted molar refractivity (Wildman–Crippen MR) is 80.8 cm³/mol. The zero-order valence-electron chi connectivity index (χ0n) is 9.23. The molecule has 0 aliphatic rings. The van der Waals surface area contributed by atoms with Gasteiger partial charge in [-0.15, -0.1) is 0 Å². The molecule has 0 saturated heterocycles. The highest BCUT2D eigenvalue weighted by atomic mass is 79.9. The molecule has 0 saturated carbocycles. The molecular formula is C12H6Br3NO3. The van der Waals surface area contributed by atoms with Crippen LogP contribution in [-0.4, -0.2) is 16.1 Å². The molecule has 0 aliphatic carbocycles. The SMILES string of the molecule is O=C(O)c1ccc(Br)c(Oc2ncc(Br)cc2Br)c1. The Morgan fingerprint density at radius 2 is 1.89 bits per heavy atom. The van der Waals surface area contributed by atoms with Gasteiger partial charge in [0.1, 0.15) is 5.75 Å². The molecule has 0 unspecified atom stereocenters. The van der Waals surface area contributed by atoms with Gasteiger partial charge in [-0.1, -0.05) is 0 Å². The summed E-state index contributed by atoms with van der Waals surface area (Å²) < 4.78 is 7.72. The number of carboxylic acid groups (broad SMARTS) is 1. The van der Waals surface area contributed by atoms with E-state index in [-0.39, 0.29) is 5.56 Å². The summed E-state index contributed by atoms with van der Waals surface area (Å²) in [6.45, 7) is 0. The largest absolute Gasteiger partial charge is 0.478 e. The molecule has 19 heavy (non-hydrogen) atoms. The highest BCUT2D eigenvalue weighted by molar-refractivity contribution is 9.11. The third-order valence-electron chi connectivity index (χ3n) is 2.16. The molecule has 2 rings (SSSR count). The average molecular weight is 452 g/mol. The summed E-state index contributed by atoms with van der Waals surface area (Å²) in [5.41, 5.74) is 0.145. The van der Waals surface area contributed by atoms with E-state index in [1.807, 2.05) is 0 Å². The lowest BCUT2D eigenvalue weighted by atomic mass is 10.2. The number of aromatic nitrogens is 1. The number of halogens is 3. The Balaban J connectivity index is 2.37. The molecule has 1 aromatic carbocycles. The third kappa shape index (κ3) is 3.55. The Hall–Kier alpha value is -0.920. The molecule has 4 nitrogen and oxygen atoms in total. The highest BCUT2D eigenvalue weighted by Crippen LogP contribution is 2.34. The number of hydrogen-bond donors (Lipinski definition) is 1. The van der Waals surface area contributed by atoms with Gasteiger partial charge in [0, 0.05) is 10.7 Å². The zero-order chi connectivity index (χ0) is 14.0. The number of ether oxygens (including phenoxy) is 1. The van der Waals surface area contributed by atoms with Crippen LogP contribution in [0.4, 0.5) is 0 Å². The van der Waals surface area contributed by atoms with Gasteiger partial charge in [-0.05, 0) is 72.1 Å². The lowest BCUT2D eigenvalue weighted by Crippen LogP contribution is -1.97. The number of carbonyl (C=O) groups is 1. The van der Waals surface area contributed by atoms with Crippen molar-refractivity contribution in [3.63, 3.8) is 0 Å². The Bertz CT molecular complexity index is 646. The van der Waals surface area contributed by atoms with Crippen molar-refractivity contribution in [1.29, 1.82) is 0 Å². The monoisotopic (exact) mass is 449 g/mol. The van der Waals surface area contributed by atoms with Crippen molar-refractivity contribution in [2.24, 2.45) is 0 Å². The van der Waals surface area contributed by atoms with Gasteiger partial charge in [-0.2, -0.15) is 0 Å². The molecule has 2 aromatic rings. The number of benzene rings is 1. The minimum Gasteiger partial charge on any atom is -0.478 e. The Morgan fingerprint density at radius 1 is 1.16 bits per heavy atom. The van der Waals surface area contributed by atoms with Crippen LogP contribution in [0.25, 0.3) is 0 Å². The van der Waals surface area contributed by atoms with E-state index in [4.69, 9.17) is 9.84 Å². The normalized spacial score (nSPS) is 10.3. The number of aromatic carboxylic acids is 1. The van der Waals surface area contributed by atoms with Crippen molar-refractivity contribution in [1.82, 2.24) is 4.98 Å². The van der Waals surface area contributed by atoms with E-state index < -0.39 is 5.97 Å². The summed E-state index contributed by atoms with van der Waals surface area (Å²) in [5.74, 6) is -0.276. The second-order valence-corrected chi connectivity index (χ2v) is 6.12. The molecule has 1 heterocycles. The van der Waals surface area contributed by atoms with Crippen LogP contribution in [-0.2, 0) is 0 Å². The summed E-state index contributed by atoms with van der Waals surface area (Å²) in [6.07, 6.45) is 1.59. The van der Waals surface area contributed by atoms with Crippen molar-refractivity contribution in [2.75, 3.05) is 0 Å². The predicted octanol–water partition coefficient (Wildman–Crippen LogP) is 4.86. The minimum absolute atomic E-state index is 0.145. The lowest BCUT2D eigenvalue weighted by molar-refractivity contribution is 0.0696. The van der Waals surface area contributed by atoms with Crippen LogP contribution in [0.2, 0.25) is 0 Å². The first-order valence-corrected chi connectivity index (χ1v) is 7.37. The smallest absolute Gasteiger partial charge is 0.335 e. The van der Waals surface area contributed by atoms with E-state index in [1.165, 1.54) is 12.1 Å². The fourth-order valence-electron chi connectivity index (χ4n) is 1.30. The fraction of sp³-hybridized carbons (Fsp3) is 0. The molecule has 0 amide bonds. The Morgan fingerprint density at radius 3 is 2.53 bits per heavy atom. The van der Waals surface area contributed by atoms with Crippen molar-refractivity contribution in [3.05, 3.63) is 49.4 Å². The van der Waals surface area contributed by atoms with Gasteiger partial charge in [0.2, 0.25) is 5.88 Å². The second kappa shape index (κ2) is 6.02. The maximum Gasteiger partial charge on any atom is 0.335 e. The molecule has 98 valence electrons. The van der Waals surface area contributed by atoms with Crippen molar-refractivity contribution >= 4 is 53.8 Å². The Labute approximate surface area is 134 Å². The fourth-order valence-corrected chi connectivity index (χ4v) is 2.69. The molecular weight excluding hydrogens is 446 g/mol. The van der Waals surface area contributed by atoms with Crippen LogP contribution < -0.4 is 4.74 Å². The molecule has 0 spiro atoms. The van der Waals surface area contributed by atoms with Gasteiger partial charge < -0.3 is 9.84 Å². The number of rotatable bonds is 3. The van der Waals surface area contributed by atoms with Gasteiger partial charge in [0.15, 0.2) is 0 Å². The van der Waals surface area contributed by atoms with Crippen molar-refractivity contribution in [2.45, 2.75) is 0 Å². The van der Waals surface area contributed by atoms with Gasteiger partial charge in [-0.3, -0.25) is 0 Å². The van der Waals surface area contributed by atoms with E-state index in [0.717, 1.165) is 4.47 Å². The first-order valence-electron chi connectivity index (χ1n) is 4.99. The van der Waals surface area contributed by atoms with E-state index in [1.54, 1.807) is 18.3 Å². The molecule has 0 radical (unpaired) electrons. The first-order chi connectivity index (χ1) is 8.97. The Kier molecular flexibility index (Phi) is 4.59. The van der Waals surface area contributed by atoms with Crippen LogP contribution in [0.1, 0.15) is 10.4 Å². The van der Waals surface area contributed by atoms with E-state index in [0.29, 0.717) is 20.6 Å². The standard InChI is InChI=1S/C12H6Br3NO3/c13-7-4-9(15)11(16-5-7)19-10-3-6(12(17)18)1-2-8(10)14/h1-5H,(H,17,18). The van der Waals surface area contributed by atoms with Gasteiger partial charge in [0.25, 0.3) is 0 Å². The second-order valence-electron chi connectivity index (χ2n) is 3.49. The summed E-state index contributed by atoms with van der Waals surface area (Å²) in [5, 5.41) is 8.96. The molecule has 1 N–H and O–H groups in total. The van der Waals surface area contributed by atoms with E-state index in [2.05, 4.69) is 52.8 Å². The van der Waals surface area contributed by atoms with Crippen LogP contribution in [0.5, 0.6) is 11.6 Å². The molecule has 1 aromatic heterocycles. The number of pyridine rings is 1. The van der Waals surface area contributed by atoms with E-state index in [9.17, 15) is 4.79 Å². The zero-order valence-corrected chi connectivity index (χ0v) is 14.0. The lowest BCUT2D eigenvalue weighted by Gasteiger charge is -2.09. The van der Waals surface area contributed by atoms with Crippen LogP contribution >= 0.6 is 47.8 Å². The molecule has 0 aliphatic heterocycles. The number of nitrogens with zero attached hydrogens (tertiary/aromatic N) is 1. The topological polar surface area (TPSA) is 59.4 Å². The molecule has 0 atom stereocenters. The summed E-state index contributed by atoms with van der Waals surface area (Å²) >= 11 is 9.93. The number of hydrogen-bond acceptors (Lipinski definition) is 3. The maximum absolute atomic E-state index is 10.9. The minimum atomic E-state index is -1.01. The van der Waals surface area contributed by atoms with Gasteiger partial charge in [0.05, 0.1) is 14.5 Å². The highest BCUT2D eigenvalue weighted by Gasteiger charge is 2.11. The third-order valence-corrected chi connectivity index (χ3v) is 3.82. The average Bonchev–Trinajstić information content (AvgIpc) is 2.34. The number of carboxylic acids is 1. The molecule has 7 heteroatoms. The van der Waals surface area contributed by atoms with Crippen molar-refractivity contribution < 1.29 is 14.6 Å². The van der Waals surface area contributed by atoms with Gasteiger partial charge >= 0.3 is 5.97 Å². The quantitative estimate of drug-likeness (QED) is 0.724. The maximum atomic E-state index is 10.9. The van der Waals surface area contributed by atoms with Crippen LogP contribution in [0.3, 0.4) is 0 Å². The summed E-state index contributed by atoms with van der Waals surface area (Å²) in [6, 6.07) is 6.33. The van der Waals surface area contributed by atoms with Gasteiger partial charge in [-0.25, -0.2) is 9.78 Å². The van der Waals surface area contributed by atoms with Crippen molar-refractivity contribution in [3.8, 4) is 11.6 Å². The molecule has 0 fully saturated rings.